The number of hydrogen-bond donors (Lipinski definition) is 2. The van der Waals surface area contributed by atoms with E-state index in [4.69, 9.17) is 11.6 Å². The van der Waals surface area contributed by atoms with Crippen molar-refractivity contribution in [3.05, 3.63) is 59.6 Å². The third-order valence-electron chi connectivity index (χ3n) is 3.87. The maximum Gasteiger partial charge on any atom is 0.321 e. The van der Waals surface area contributed by atoms with E-state index in [2.05, 4.69) is 20.8 Å². The number of aromatic nitrogens is 3. The molecule has 0 aliphatic heterocycles. The lowest BCUT2D eigenvalue weighted by molar-refractivity contribution is -0.117. The number of hydrogen-bond acceptors (Lipinski definition) is 5. The fourth-order valence-corrected chi connectivity index (χ4v) is 3.41. The predicted octanol–water partition coefficient (Wildman–Crippen LogP) is 3.92. The zero-order valence-electron chi connectivity index (χ0n) is 15.8. The van der Waals surface area contributed by atoms with Crippen LogP contribution in [0.5, 0.6) is 0 Å². The number of carbonyl (C=O) groups excluding carboxylic acids is 2. The third kappa shape index (κ3) is 5.58. The van der Waals surface area contributed by atoms with Crippen LogP contribution in [-0.2, 0) is 4.79 Å². The van der Waals surface area contributed by atoms with E-state index >= 15 is 0 Å². The lowest BCUT2D eigenvalue weighted by atomic mass is 10.2. The number of urea groups is 1. The molecule has 2 N–H and O–H groups in total. The Bertz CT molecular complexity index is 976. The highest BCUT2D eigenvalue weighted by atomic mass is 35.5. The van der Waals surface area contributed by atoms with E-state index in [9.17, 15) is 9.59 Å². The van der Waals surface area contributed by atoms with Crippen LogP contribution in [0, 0.1) is 0 Å². The van der Waals surface area contributed by atoms with Gasteiger partial charge in [-0.2, -0.15) is 0 Å². The van der Waals surface area contributed by atoms with Crippen LogP contribution in [0.4, 0.5) is 4.79 Å². The first-order valence-electron chi connectivity index (χ1n) is 9.05. The molecule has 3 rings (SSSR count). The van der Waals surface area contributed by atoms with Crippen LogP contribution in [0.15, 0.2) is 59.8 Å². The van der Waals surface area contributed by atoms with Crippen molar-refractivity contribution in [2.75, 3.05) is 12.3 Å². The number of carbonyl (C=O) groups is 2. The number of amides is 3. The van der Waals surface area contributed by atoms with Gasteiger partial charge in [0.15, 0.2) is 11.0 Å². The monoisotopic (exact) mass is 429 g/mol. The Labute approximate surface area is 177 Å². The molecule has 0 spiro atoms. The Morgan fingerprint density at radius 2 is 1.79 bits per heavy atom. The number of nitrogens with zero attached hydrogens (tertiary/aromatic N) is 3. The molecule has 3 aromatic rings. The summed E-state index contributed by atoms with van der Waals surface area (Å²) in [5.74, 6) is 0.270. The zero-order chi connectivity index (χ0) is 20.6. The maximum absolute atomic E-state index is 12.1. The van der Waals surface area contributed by atoms with Gasteiger partial charge in [-0.05, 0) is 30.7 Å². The molecular weight excluding hydrogens is 410 g/mol. The number of halogens is 1. The predicted molar refractivity (Wildman–Crippen MR) is 114 cm³/mol. The Morgan fingerprint density at radius 1 is 1.07 bits per heavy atom. The van der Waals surface area contributed by atoms with Crippen molar-refractivity contribution in [1.29, 1.82) is 0 Å². The summed E-state index contributed by atoms with van der Waals surface area (Å²) in [6.45, 7) is 2.45. The van der Waals surface area contributed by atoms with Gasteiger partial charge in [0.25, 0.3) is 0 Å². The van der Waals surface area contributed by atoms with Crippen molar-refractivity contribution in [1.82, 2.24) is 25.4 Å². The summed E-state index contributed by atoms with van der Waals surface area (Å²) >= 11 is 7.22. The molecule has 7 nitrogen and oxygen atoms in total. The van der Waals surface area contributed by atoms with Crippen molar-refractivity contribution in [3.63, 3.8) is 0 Å². The van der Waals surface area contributed by atoms with Gasteiger partial charge < -0.3 is 5.32 Å². The fraction of sp³-hybridized carbons (Fsp3) is 0.200. The molecule has 0 saturated carbocycles. The molecule has 0 aliphatic carbocycles. The number of imide groups is 1. The normalized spacial score (nSPS) is 10.6. The average Bonchev–Trinajstić information content (AvgIpc) is 3.16. The van der Waals surface area contributed by atoms with Crippen LogP contribution in [-0.4, -0.2) is 39.0 Å². The summed E-state index contributed by atoms with van der Waals surface area (Å²) in [7, 11) is 0. The van der Waals surface area contributed by atoms with E-state index in [-0.39, 0.29) is 5.75 Å². The summed E-state index contributed by atoms with van der Waals surface area (Å²) in [5, 5.41) is 14.6. The third-order valence-corrected chi connectivity index (χ3v) is 5.05. The van der Waals surface area contributed by atoms with Crippen LogP contribution < -0.4 is 10.6 Å². The van der Waals surface area contributed by atoms with E-state index in [1.165, 1.54) is 11.8 Å². The molecule has 2 aromatic carbocycles. The van der Waals surface area contributed by atoms with Gasteiger partial charge in [0, 0.05) is 22.8 Å². The molecule has 0 bridgehead atoms. The summed E-state index contributed by atoms with van der Waals surface area (Å²) in [5.41, 5.74) is 1.71. The van der Waals surface area contributed by atoms with Gasteiger partial charge >= 0.3 is 6.03 Å². The van der Waals surface area contributed by atoms with Crippen LogP contribution in [0.1, 0.15) is 13.3 Å². The van der Waals surface area contributed by atoms with Crippen molar-refractivity contribution >= 4 is 35.3 Å². The summed E-state index contributed by atoms with van der Waals surface area (Å²) in [6.07, 6.45) is 0.794. The summed E-state index contributed by atoms with van der Waals surface area (Å²) < 4.78 is 1.86. The Kier molecular flexibility index (Phi) is 7.26. The molecule has 0 fully saturated rings. The summed E-state index contributed by atoms with van der Waals surface area (Å²) in [6, 6.07) is 16.4. The molecule has 0 aliphatic rings. The van der Waals surface area contributed by atoms with Gasteiger partial charge in [-0.1, -0.05) is 60.6 Å². The molecule has 29 heavy (non-hydrogen) atoms. The van der Waals surface area contributed by atoms with Crippen LogP contribution >= 0.6 is 23.4 Å². The van der Waals surface area contributed by atoms with Crippen molar-refractivity contribution < 1.29 is 9.59 Å². The Balaban J connectivity index is 1.82. The van der Waals surface area contributed by atoms with Gasteiger partial charge in [0.05, 0.1) is 5.75 Å². The SMILES string of the molecule is CCCNC(=O)NC(=O)CSc1nnc(-c2ccccc2)n1-c1ccc(Cl)cc1. The van der Waals surface area contributed by atoms with Crippen molar-refractivity contribution in [3.8, 4) is 17.1 Å². The van der Waals surface area contributed by atoms with E-state index in [1.54, 1.807) is 12.1 Å². The van der Waals surface area contributed by atoms with Crippen LogP contribution in [0.25, 0.3) is 17.1 Å². The lowest BCUT2D eigenvalue weighted by Crippen LogP contribution is -2.40. The molecule has 0 unspecified atom stereocenters. The second-order valence-electron chi connectivity index (χ2n) is 6.08. The van der Waals surface area contributed by atoms with E-state index < -0.39 is 11.9 Å². The molecule has 0 saturated heterocycles. The van der Waals surface area contributed by atoms with Crippen LogP contribution in [0.3, 0.4) is 0 Å². The molecule has 0 radical (unpaired) electrons. The number of benzene rings is 2. The minimum atomic E-state index is -0.499. The number of thioether (sulfide) groups is 1. The number of nitrogens with one attached hydrogen (secondary N) is 2. The Morgan fingerprint density at radius 3 is 2.48 bits per heavy atom. The molecule has 150 valence electrons. The van der Waals surface area contributed by atoms with E-state index in [0.29, 0.717) is 22.5 Å². The van der Waals surface area contributed by atoms with Gasteiger partial charge in [0.1, 0.15) is 0 Å². The maximum atomic E-state index is 12.1. The quantitative estimate of drug-likeness (QED) is 0.556. The summed E-state index contributed by atoms with van der Waals surface area (Å²) in [4.78, 5) is 23.7. The first kappa shape index (κ1) is 20.9. The largest absolute Gasteiger partial charge is 0.338 e. The van der Waals surface area contributed by atoms with Gasteiger partial charge in [-0.3, -0.25) is 14.7 Å². The van der Waals surface area contributed by atoms with E-state index in [0.717, 1.165) is 17.7 Å². The van der Waals surface area contributed by atoms with Gasteiger partial charge in [-0.25, -0.2) is 4.79 Å². The molecule has 0 atom stereocenters. The minimum absolute atomic E-state index is 0.0278. The number of rotatable bonds is 7. The average molecular weight is 430 g/mol. The van der Waals surface area contributed by atoms with Crippen LogP contribution in [0.2, 0.25) is 5.02 Å². The molecule has 1 aromatic heterocycles. The molecule has 1 heterocycles. The first-order chi connectivity index (χ1) is 14.1. The highest BCUT2D eigenvalue weighted by molar-refractivity contribution is 7.99. The Hall–Kier alpha value is -2.84. The lowest BCUT2D eigenvalue weighted by Gasteiger charge is -2.10. The van der Waals surface area contributed by atoms with Gasteiger partial charge in [0.2, 0.25) is 5.91 Å². The molecular formula is C20H20ClN5O2S. The highest BCUT2D eigenvalue weighted by Gasteiger charge is 2.17. The zero-order valence-corrected chi connectivity index (χ0v) is 17.3. The molecule has 9 heteroatoms. The van der Waals surface area contributed by atoms with Crippen molar-refractivity contribution in [2.24, 2.45) is 0 Å². The first-order valence-corrected chi connectivity index (χ1v) is 10.4. The highest BCUT2D eigenvalue weighted by Crippen LogP contribution is 2.28. The standard InChI is InChI=1S/C20H20ClN5O2S/c1-2-12-22-19(28)23-17(27)13-29-20-25-24-18(14-6-4-3-5-7-14)26(20)16-10-8-15(21)9-11-16/h3-11H,2,12-13H2,1H3,(H2,22,23,27,28). The molecule has 3 amide bonds. The second kappa shape index (κ2) is 10.1. The second-order valence-corrected chi connectivity index (χ2v) is 7.46. The van der Waals surface area contributed by atoms with Gasteiger partial charge in [-0.15, -0.1) is 10.2 Å². The smallest absolute Gasteiger partial charge is 0.321 e. The van der Waals surface area contributed by atoms with E-state index in [1.807, 2.05) is 54.0 Å². The minimum Gasteiger partial charge on any atom is -0.338 e. The topological polar surface area (TPSA) is 88.9 Å². The fourth-order valence-electron chi connectivity index (χ4n) is 2.54. The van der Waals surface area contributed by atoms with Crippen molar-refractivity contribution in [2.45, 2.75) is 18.5 Å².